The minimum absolute atomic E-state index is 0.262. The monoisotopic (exact) mass is 308 g/mol. The van der Waals surface area contributed by atoms with Crippen LogP contribution in [0.15, 0.2) is 41.6 Å². The Morgan fingerprint density at radius 1 is 1.29 bits per heavy atom. The van der Waals surface area contributed by atoms with Gasteiger partial charge >= 0.3 is 0 Å². The van der Waals surface area contributed by atoms with Crippen LogP contribution >= 0.6 is 0 Å². The first kappa shape index (κ1) is 15.7. The minimum atomic E-state index is -3.53. The largest absolute Gasteiger partial charge is 0.313 e. The van der Waals surface area contributed by atoms with Gasteiger partial charge in [-0.1, -0.05) is 19.1 Å². The van der Waals surface area contributed by atoms with E-state index in [0.29, 0.717) is 0 Å². The Hall–Kier alpha value is -1.70. The second-order valence-electron chi connectivity index (χ2n) is 4.80. The number of hydrogen-bond acceptors (Lipinski definition) is 4. The SMILES string of the molecule is CCNCc1ccc(S(=O)(=O)NC(C)c2cn[nH]c2)cc1. The predicted molar refractivity (Wildman–Crippen MR) is 81.1 cm³/mol. The molecule has 114 valence electrons. The van der Waals surface area contributed by atoms with Gasteiger partial charge in [0.05, 0.1) is 11.1 Å². The van der Waals surface area contributed by atoms with Crippen LogP contribution in [0.3, 0.4) is 0 Å². The highest BCUT2D eigenvalue weighted by molar-refractivity contribution is 7.89. The molecule has 3 N–H and O–H groups in total. The van der Waals surface area contributed by atoms with Gasteiger partial charge in [0.2, 0.25) is 10.0 Å². The van der Waals surface area contributed by atoms with E-state index in [4.69, 9.17) is 0 Å². The standard InChI is InChI=1S/C14H20N4O2S/c1-3-15-8-12-4-6-14(7-5-12)21(19,20)18-11(2)13-9-16-17-10-13/h4-7,9-11,15,18H,3,8H2,1-2H3,(H,16,17). The van der Waals surface area contributed by atoms with Crippen LogP contribution in [-0.2, 0) is 16.6 Å². The molecule has 1 heterocycles. The number of aromatic amines is 1. The van der Waals surface area contributed by atoms with Crippen molar-refractivity contribution in [3.8, 4) is 0 Å². The Morgan fingerprint density at radius 3 is 2.57 bits per heavy atom. The Balaban J connectivity index is 2.08. The van der Waals surface area contributed by atoms with Crippen LogP contribution in [0.1, 0.15) is 31.0 Å². The molecular weight excluding hydrogens is 288 g/mol. The molecule has 0 aliphatic carbocycles. The molecule has 1 aromatic heterocycles. The first-order chi connectivity index (χ1) is 10.0. The van der Waals surface area contributed by atoms with Gasteiger partial charge in [-0.15, -0.1) is 0 Å². The van der Waals surface area contributed by atoms with E-state index < -0.39 is 10.0 Å². The van der Waals surface area contributed by atoms with Crippen molar-refractivity contribution in [2.75, 3.05) is 6.54 Å². The lowest BCUT2D eigenvalue weighted by atomic mass is 10.2. The third kappa shape index (κ3) is 4.13. The molecule has 1 unspecified atom stereocenters. The van der Waals surface area contributed by atoms with Crippen LogP contribution in [0.5, 0.6) is 0 Å². The fourth-order valence-corrected chi connectivity index (χ4v) is 3.15. The quantitative estimate of drug-likeness (QED) is 0.724. The summed E-state index contributed by atoms with van der Waals surface area (Å²) in [7, 11) is -3.53. The number of nitrogens with zero attached hydrogens (tertiary/aromatic N) is 1. The van der Waals surface area contributed by atoms with Gasteiger partial charge in [-0.2, -0.15) is 5.10 Å². The molecule has 0 saturated heterocycles. The Bertz CT molecular complexity index is 651. The van der Waals surface area contributed by atoms with E-state index in [0.717, 1.165) is 24.2 Å². The molecule has 0 aliphatic rings. The van der Waals surface area contributed by atoms with Gasteiger partial charge in [-0.25, -0.2) is 13.1 Å². The van der Waals surface area contributed by atoms with Gasteiger partial charge in [0.15, 0.2) is 0 Å². The first-order valence-electron chi connectivity index (χ1n) is 6.83. The Morgan fingerprint density at radius 2 is 2.00 bits per heavy atom. The average molecular weight is 308 g/mol. The van der Waals surface area contributed by atoms with E-state index in [9.17, 15) is 8.42 Å². The van der Waals surface area contributed by atoms with Gasteiger partial charge in [-0.3, -0.25) is 5.10 Å². The van der Waals surface area contributed by atoms with E-state index in [2.05, 4.69) is 20.2 Å². The van der Waals surface area contributed by atoms with Crippen molar-refractivity contribution in [3.63, 3.8) is 0 Å². The summed E-state index contributed by atoms with van der Waals surface area (Å²) < 4.78 is 27.2. The van der Waals surface area contributed by atoms with E-state index in [-0.39, 0.29) is 10.9 Å². The zero-order valence-electron chi connectivity index (χ0n) is 12.1. The highest BCUT2D eigenvalue weighted by atomic mass is 32.2. The second-order valence-corrected chi connectivity index (χ2v) is 6.51. The highest BCUT2D eigenvalue weighted by Crippen LogP contribution is 2.16. The fraction of sp³-hybridized carbons (Fsp3) is 0.357. The maximum absolute atomic E-state index is 12.3. The van der Waals surface area contributed by atoms with Gasteiger partial charge < -0.3 is 5.32 Å². The zero-order valence-corrected chi connectivity index (χ0v) is 12.9. The van der Waals surface area contributed by atoms with E-state index in [1.54, 1.807) is 31.5 Å². The van der Waals surface area contributed by atoms with Crippen molar-refractivity contribution < 1.29 is 8.42 Å². The molecule has 0 aliphatic heterocycles. The summed E-state index contributed by atoms with van der Waals surface area (Å²) in [6, 6.07) is 6.54. The maximum atomic E-state index is 12.3. The lowest BCUT2D eigenvalue weighted by Gasteiger charge is -2.13. The number of aromatic nitrogens is 2. The van der Waals surface area contributed by atoms with Crippen LogP contribution in [0.2, 0.25) is 0 Å². The molecule has 2 rings (SSSR count). The highest BCUT2D eigenvalue weighted by Gasteiger charge is 2.18. The van der Waals surface area contributed by atoms with Gasteiger partial charge in [0, 0.05) is 24.3 Å². The third-order valence-corrected chi connectivity index (χ3v) is 4.72. The summed E-state index contributed by atoms with van der Waals surface area (Å²) in [6.07, 6.45) is 3.28. The summed E-state index contributed by atoms with van der Waals surface area (Å²) in [5, 5.41) is 9.69. The number of sulfonamides is 1. The Labute approximate surface area is 125 Å². The Kier molecular flexibility index (Phi) is 5.11. The van der Waals surface area contributed by atoms with Crippen LogP contribution < -0.4 is 10.0 Å². The average Bonchev–Trinajstić information content (AvgIpc) is 2.99. The van der Waals surface area contributed by atoms with E-state index >= 15 is 0 Å². The maximum Gasteiger partial charge on any atom is 0.241 e. The first-order valence-corrected chi connectivity index (χ1v) is 8.32. The third-order valence-electron chi connectivity index (χ3n) is 3.16. The minimum Gasteiger partial charge on any atom is -0.313 e. The van der Waals surface area contributed by atoms with Gasteiger partial charge in [-0.05, 0) is 31.2 Å². The smallest absolute Gasteiger partial charge is 0.241 e. The molecule has 1 aromatic carbocycles. The molecule has 0 saturated carbocycles. The number of rotatable bonds is 7. The summed E-state index contributed by atoms with van der Waals surface area (Å²) in [5.74, 6) is 0. The van der Waals surface area contributed by atoms with Gasteiger partial charge in [0.25, 0.3) is 0 Å². The zero-order chi connectivity index (χ0) is 15.3. The predicted octanol–water partition coefficient (Wildman–Crippen LogP) is 1.56. The molecule has 7 heteroatoms. The van der Waals surface area contributed by atoms with Crippen molar-refractivity contribution >= 4 is 10.0 Å². The molecule has 1 atom stereocenters. The summed E-state index contributed by atoms with van der Waals surface area (Å²) in [4.78, 5) is 0.262. The summed E-state index contributed by atoms with van der Waals surface area (Å²) in [6.45, 7) is 5.42. The molecule has 0 amide bonds. The number of nitrogens with one attached hydrogen (secondary N) is 3. The van der Waals surface area contributed by atoms with Crippen LogP contribution in [0.4, 0.5) is 0 Å². The molecule has 2 aromatic rings. The lowest BCUT2D eigenvalue weighted by Crippen LogP contribution is -2.26. The molecular formula is C14H20N4O2S. The lowest BCUT2D eigenvalue weighted by molar-refractivity contribution is 0.567. The van der Waals surface area contributed by atoms with Crippen LogP contribution in [-0.4, -0.2) is 25.2 Å². The van der Waals surface area contributed by atoms with Crippen LogP contribution in [0.25, 0.3) is 0 Å². The summed E-state index contributed by atoms with van der Waals surface area (Å²) in [5.41, 5.74) is 1.85. The molecule has 6 nitrogen and oxygen atoms in total. The van der Waals surface area contributed by atoms with Crippen molar-refractivity contribution in [3.05, 3.63) is 47.8 Å². The molecule has 0 fully saturated rings. The number of hydrogen-bond donors (Lipinski definition) is 3. The van der Waals surface area contributed by atoms with E-state index in [1.165, 1.54) is 0 Å². The normalized spacial score (nSPS) is 13.2. The van der Waals surface area contributed by atoms with Crippen LogP contribution in [0, 0.1) is 0 Å². The molecule has 0 bridgehead atoms. The number of benzene rings is 1. The fourth-order valence-electron chi connectivity index (χ4n) is 1.92. The molecule has 21 heavy (non-hydrogen) atoms. The van der Waals surface area contributed by atoms with Crippen molar-refractivity contribution in [1.82, 2.24) is 20.2 Å². The topological polar surface area (TPSA) is 86.9 Å². The van der Waals surface area contributed by atoms with Crippen molar-refractivity contribution in [2.24, 2.45) is 0 Å². The van der Waals surface area contributed by atoms with E-state index in [1.807, 2.05) is 19.1 Å². The van der Waals surface area contributed by atoms with Gasteiger partial charge in [0.1, 0.15) is 0 Å². The second kappa shape index (κ2) is 6.84. The molecule has 0 radical (unpaired) electrons. The summed E-state index contributed by atoms with van der Waals surface area (Å²) >= 11 is 0. The molecule has 0 spiro atoms. The van der Waals surface area contributed by atoms with Crippen molar-refractivity contribution in [1.29, 1.82) is 0 Å². The van der Waals surface area contributed by atoms with Crippen molar-refractivity contribution in [2.45, 2.75) is 31.3 Å². The number of H-pyrrole nitrogens is 1.